The second-order valence-electron chi connectivity index (χ2n) is 5.63. The molecule has 27 heavy (non-hydrogen) atoms. The Morgan fingerprint density at radius 3 is 1.56 bits per heavy atom. The fourth-order valence-electron chi connectivity index (χ4n) is 2.24. The van der Waals surface area contributed by atoms with Gasteiger partial charge in [-0.2, -0.15) is 0 Å². The quantitative estimate of drug-likeness (QED) is 0.548. The summed E-state index contributed by atoms with van der Waals surface area (Å²) in [6.07, 6.45) is 5.02. The molecule has 0 amide bonds. The van der Waals surface area contributed by atoms with Gasteiger partial charge in [-0.15, -0.1) is 0 Å². The Labute approximate surface area is 157 Å². The number of aromatic hydroxyl groups is 2. The second kappa shape index (κ2) is 9.24. The summed E-state index contributed by atoms with van der Waals surface area (Å²) >= 11 is 0. The summed E-state index contributed by atoms with van der Waals surface area (Å²) < 4.78 is 9.97. The zero-order valence-electron chi connectivity index (χ0n) is 15.0. The molecule has 0 fully saturated rings. The molecule has 0 aliphatic carbocycles. The van der Waals surface area contributed by atoms with Gasteiger partial charge in [0.1, 0.15) is 23.0 Å². The number of ketones is 2. The number of carbonyl (C=O) groups excluding carboxylic acids is 2. The van der Waals surface area contributed by atoms with Gasteiger partial charge in [0.15, 0.2) is 11.6 Å². The van der Waals surface area contributed by atoms with Gasteiger partial charge in [-0.05, 0) is 48.6 Å². The number of benzene rings is 2. The first kappa shape index (κ1) is 19.8. The van der Waals surface area contributed by atoms with Gasteiger partial charge in [-0.3, -0.25) is 9.59 Å². The van der Waals surface area contributed by atoms with Crippen molar-refractivity contribution in [3.8, 4) is 23.0 Å². The van der Waals surface area contributed by atoms with Gasteiger partial charge in [0.05, 0.1) is 20.6 Å². The smallest absolute Gasteiger partial charge is 0.163 e. The van der Waals surface area contributed by atoms with Crippen LogP contribution in [0.15, 0.2) is 48.6 Å². The number of methoxy groups -OCH3 is 2. The van der Waals surface area contributed by atoms with Crippen LogP contribution in [-0.4, -0.2) is 36.0 Å². The van der Waals surface area contributed by atoms with E-state index >= 15 is 0 Å². The van der Waals surface area contributed by atoms with Gasteiger partial charge in [-0.1, -0.05) is 0 Å². The van der Waals surface area contributed by atoms with Crippen molar-refractivity contribution in [2.75, 3.05) is 14.2 Å². The number of hydrogen-bond acceptors (Lipinski definition) is 6. The van der Waals surface area contributed by atoms with Crippen LogP contribution in [0, 0.1) is 0 Å². The van der Waals surface area contributed by atoms with Gasteiger partial charge in [0, 0.05) is 23.3 Å². The van der Waals surface area contributed by atoms with Crippen LogP contribution >= 0.6 is 0 Å². The highest BCUT2D eigenvalue weighted by atomic mass is 16.5. The Kier molecular flexibility index (Phi) is 6.77. The first-order chi connectivity index (χ1) is 12.9. The number of hydrogen-bond donors (Lipinski definition) is 2. The van der Waals surface area contributed by atoms with E-state index in [1.54, 1.807) is 24.3 Å². The maximum absolute atomic E-state index is 11.9. The maximum Gasteiger partial charge on any atom is 0.163 e. The third-order valence-corrected chi connectivity index (χ3v) is 3.72. The average molecular weight is 368 g/mol. The lowest BCUT2D eigenvalue weighted by Gasteiger charge is -2.03. The molecule has 2 aromatic rings. The topological polar surface area (TPSA) is 93.1 Å². The summed E-state index contributed by atoms with van der Waals surface area (Å²) in [6, 6.07) is 9.37. The molecule has 0 bridgehead atoms. The SMILES string of the molecule is COc1ccc(/C=C/C(=O)CC(=O)/C=C/c2ccc(OC)cc2O)c(O)c1. The van der Waals surface area contributed by atoms with Crippen molar-refractivity contribution in [1.29, 1.82) is 0 Å². The van der Waals surface area contributed by atoms with E-state index in [-0.39, 0.29) is 17.9 Å². The molecule has 0 aliphatic heterocycles. The fourth-order valence-corrected chi connectivity index (χ4v) is 2.24. The molecule has 0 aliphatic rings. The normalized spacial score (nSPS) is 11.0. The second-order valence-corrected chi connectivity index (χ2v) is 5.63. The van der Waals surface area contributed by atoms with Gasteiger partial charge in [0.2, 0.25) is 0 Å². The number of allylic oxidation sites excluding steroid dienone is 2. The molecule has 0 aromatic heterocycles. The highest BCUT2D eigenvalue weighted by Crippen LogP contribution is 2.25. The molecular weight excluding hydrogens is 348 g/mol. The molecule has 0 heterocycles. The molecule has 2 N–H and O–H groups in total. The van der Waals surface area contributed by atoms with Crippen molar-refractivity contribution >= 4 is 23.7 Å². The lowest BCUT2D eigenvalue weighted by atomic mass is 10.1. The summed E-state index contributed by atoms with van der Waals surface area (Å²) in [6.45, 7) is 0. The van der Waals surface area contributed by atoms with Crippen LogP contribution in [0.3, 0.4) is 0 Å². The van der Waals surface area contributed by atoms with Crippen LogP contribution in [0.25, 0.3) is 12.2 Å². The standard InChI is InChI=1S/C21H20O6/c1-26-18-9-5-14(20(24)12-18)3-7-16(22)11-17(23)8-4-15-6-10-19(27-2)13-21(15)25/h3-10,12-13,24-25H,11H2,1-2H3/b7-3+,8-4+. The molecule has 6 heteroatoms. The predicted octanol–water partition coefficient (Wildman–Crippen LogP) is 3.37. The average Bonchev–Trinajstić information content (AvgIpc) is 2.65. The molecule has 0 radical (unpaired) electrons. The van der Waals surface area contributed by atoms with Gasteiger partial charge in [0.25, 0.3) is 0 Å². The van der Waals surface area contributed by atoms with Gasteiger partial charge >= 0.3 is 0 Å². The van der Waals surface area contributed by atoms with E-state index in [2.05, 4.69) is 0 Å². The highest BCUT2D eigenvalue weighted by Gasteiger charge is 2.06. The lowest BCUT2D eigenvalue weighted by Crippen LogP contribution is -2.01. The van der Waals surface area contributed by atoms with E-state index in [1.807, 2.05) is 0 Å². The Balaban J connectivity index is 1.96. The Hall–Kier alpha value is -3.54. The molecule has 2 aromatic carbocycles. The first-order valence-corrected chi connectivity index (χ1v) is 8.08. The monoisotopic (exact) mass is 368 g/mol. The van der Waals surface area contributed by atoms with Gasteiger partial charge < -0.3 is 19.7 Å². The van der Waals surface area contributed by atoms with Crippen LogP contribution in [0.2, 0.25) is 0 Å². The summed E-state index contributed by atoms with van der Waals surface area (Å²) in [7, 11) is 2.97. The molecule has 2 rings (SSSR count). The minimum absolute atomic E-state index is 0.0281. The van der Waals surface area contributed by atoms with E-state index in [4.69, 9.17) is 9.47 Å². The Morgan fingerprint density at radius 2 is 1.22 bits per heavy atom. The van der Waals surface area contributed by atoms with Gasteiger partial charge in [-0.25, -0.2) is 0 Å². The lowest BCUT2D eigenvalue weighted by molar-refractivity contribution is -0.121. The molecule has 140 valence electrons. The third-order valence-electron chi connectivity index (χ3n) is 3.72. The summed E-state index contributed by atoms with van der Waals surface area (Å²) in [4.78, 5) is 23.8. The van der Waals surface area contributed by atoms with Crippen molar-refractivity contribution in [1.82, 2.24) is 0 Å². The first-order valence-electron chi connectivity index (χ1n) is 8.08. The van der Waals surface area contributed by atoms with Crippen molar-refractivity contribution in [2.24, 2.45) is 0 Å². The van der Waals surface area contributed by atoms with Crippen molar-refractivity contribution < 1.29 is 29.3 Å². The van der Waals surface area contributed by atoms with Crippen molar-refractivity contribution in [2.45, 2.75) is 6.42 Å². The number of rotatable bonds is 8. The van der Waals surface area contributed by atoms with E-state index in [0.29, 0.717) is 22.6 Å². The van der Waals surface area contributed by atoms with Crippen LogP contribution in [-0.2, 0) is 9.59 Å². The number of phenols is 2. The van der Waals surface area contributed by atoms with Crippen molar-refractivity contribution in [3.63, 3.8) is 0 Å². The molecular formula is C21H20O6. The zero-order valence-corrected chi connectivity index (χ0v) is 15.0. The third kappa shape index (κ3) is 5.74. The fraction of sp³-hybridized carbons (Fsp3) is 0.143. The minimum atomic E-state index is -0.404. The number of phenolic OH excluding ortho intramolecular Hbond substituents is 2. The summed E-state index contributed by atoms with van der Waals surface area (Å²) in [5.74, 6) is 0.132. The highest BCUT2D eigenvalue weighted by molar-refractivity contribution is 6.11. The largest absolute Gasteiger partial charge is 0.507 e. The van der Waals surface area contributed by atoms with Crippen LogP contribution in [0.1, 0.15) is 17.5 Å². The number of carbonyl (C=O) groups is 2. The minimum Gasteiger partial charge on any atom is -0.507 e. The van der Waals surface area contributed by atoms with E-state index in [1.165, 1.54) is 50.7 Å². The molecule has 0 atom stereocenters. The Morgan fingerprint density at radius 1 is 0.815 bits per heavy atom. The zero-order chi connectivity index (χ0) is 19.8. The van der Waals surface area contributed by atoms with Crippen LogP contribution in [0.4, 0.5) is 0 Å². The van der Waals surface area contributed by atoms with Crippen LogP contribution < -0.4 is 9.47 Å². The van der Waals surface area contributed by atoms with E-state index in [9.17, 15) is 19.8 Å². The van der Waals surface area contributed by atoms with Crippen molar-refractivity contribution in [3.05, 3.63) is 59.7 Å². The molecule has 0 saturated carbocycles. The summed E-state index contributed by atoms with van der Waals surface area (Å²) in [5.41, 5.74) is 0.880. The van der Waals surface area contributed by atoms with E-state index in [0.717, 1.165) is 0 Å². The molecule has 0 saturated heterocycles. The Bertz CT molecular complexity index is 822. The number of ether oxygens (including phenoxy) is 2. The summed E-state index contributed by atoms with van der Waals surface area (Å²) in [5, 5.41) is 19.7. The van der Waals surface area contributed by atoms with Crippen LogP contribution in [0.5, 0.6) is 23.0 Å². The predicted molar refractivity (Wildman–Crippen MR) is 102 cm³/mol. The molecule has 0 unspecified atom stereocenters. The molecule has 6 nitrogen and oxygen atoms in total. The molecule has 0 spiro atoms. The van der Waals surface area contributed by atoms with E-state index < -0.39 is 11.6 Å². The maximum atomic E-state index is 11.9.